The largest absolute Gasteiger partial charge is 0.364 e. The molecule has 1 aromatic carbocycles. The van der Waals surface area contributed by atoms with Gasteiger partial charge in [-0.3, -0.25) is 9.78 Å². The molecule has 2 N–H and O–H groups in total. The third-order valence-corrected chi connectivity index (χ3v) is 4.51. The predicted molar refractivity (Wildman–Crippen MR) is 103 cm³/mol. The number of pyridine rings is 2. The molecule has 2 aromatic heterocycles. The molecule has 0 saturated heterocycles. The van der Waals surface area contributed by atoms with Crippen molar-refractivity contribution < 1.29 is 4.79 Å². The van der Waals surface area contributed by atoms with Crippen molar-refractivity contribution in [3.8, 4) is 0 Å². The van der Waals surface area contributed by atoms with Gasteiger partial charge in [0, 0.05) is 22.6 Å². The summed E-state index contributed by atoms with van der Waals surface area (Å²) in [5.41, 5.74) is 3.24. The number of halogens is 1. The standard InChI is InChI=1S/C19H17BrN4O/c1-13-10-15(6-7-17(13)20)24-19(25)14-5-8-18(22-11-14)23-12-16-4-2-3-9-21-16/h2-11H,12H2,1H3,(H,22,23)(H,24,25). The lowest BCUT2D eigenvalue weighted by atomic mass is 10.2. The first kappa shape index (κ1) is 17.1. The number of nitrogens with one attached hydrogen (secondary N) is 2. The first-order chi connectivity index (χ1) is 12.1. The van der Waals surface area contributed by atoms with E-state index in [4.69, 9.17) is 0 Å². The number of carbonyl (C=O) groups excluding carboxylic acids is 1. The van der Waals surface area contributed by atoms with Crippen LogP contribution in [0.5, 0.6) is 0 Å². The van der Waals surface area contributed by atoms with Crippen molar-refractivity contribution in [2.45, 2.75) is 13.5 Å². The molecule has 0 spiro atoms. The number of anilines is 2. The van der Waals surface area contributed by atoms with Crippen LogP contribution in [0, 0.1) is 6.92 Å². The highest BCUT2D eigenvalue weighted by atomic mass is 79.9. The van der Waals surface area contributed by atoms with E-state index in [1.165, 1.54) is 0 Å². The topological polar surface area (TPSA) is 66.9 Å². The Hall–Kier alpha value is -2.73. The van der Waals surface area contributed by atoms with Gasteiger partial charge in [0.1, 0.15) is 5.82 Å². The molecule has 0 atom stereocenters. The Kier molecular flexibility index (Phi) is 5.40. The van der Waals surface area contributed by atoms with Gasteiger partial charge in [-0.2, -0.15) is 0 Å². The molecular weight excluding hydrogens is 380 g/mol. The zero-order chi connectivity index (χ0) is 17.6. The minimum atomic E-state index is -0.189. The average Bonchev–Trinajstić information content (AvgIpc) is 2.64. The maximum atomic E-state index is 12.3. The fourth-order valence-corrected chi connectivity index (χ4v) is 2.49. The normalized spacial score (nSPS) is 10.3. The minimum Gasteiger partial charge on any atom is -0.364 e. The number of nitrogens with zero attached hydrogens (tertiary/aromatic N) is 2. The number of rotatable bonds is 5. The summed E-state index contributed by atoms with van der Waals surface area (Å²) in [6, 6.07) is 15.0. The highest BCUT2D eigenvalue weighted by Gasteiger charge is 2.08. The summed E-state index contributed by atoms with van der Waals surface area (Å²) in [4.78, 5) is 20.8. The van der Waals surface area contributed by atoms with Gasteiger partial charge in [0.2, 0.25) is 0 Å². The van der Waals surface area contributed by atoms with Gasteiger partial charge in [-0.05, 0) is 55.0 Å². The molecule has 0 unspecified atom stereocenters. The van der Waals surface area contributed by atoms with E-state index in [0.29, 0.717) is 17.9 Å². The molecule has 2 heterocycles. The van der Waals surface area contributed by atoms with E-state index in [-0.39, 0.29) is 5.91 Å². The quantitative estimate of drug-likeness (QED) is 0.669. The lowest BCUT2D eigenvalue weighted by molar-refractivity contribution is 0.102. The van der Waals surface area contributed by atoms with Crippen LogP contribution in [0.25, 0.3) is 0 Å². The predicted octanol–water partition coefficient (Wildman–Crippen LogP) is 4.41. The molecule has 0 saturated carbocycles. The van der Waals surface area contributed by atoms with Crippen LogP contribution in [0.15, 0.2) is 65.4 Å². The van der Waals surface area contributed by atoms with Gasteiger partial charge in [-0.1, -0.05) is 22.0 Å². The summed E-state index contributed by atoms with van der Waals surface area (Å²) in [5.74, 6) is 0.507. The van der Waals surface area contributed by atoms with Crippen LogP contribution in [0.3, 0.4) is 0 Å². The number of benzene rings is 1. The molecule has 0 aliphatic rings. The Bertz CT molecular complexity index is 866. The zero-order valence-corrected chi connectivity index (χ0v) is 15.2. The van der Waals surface area contributed by atoms with Crippen LogP contribution in [0.1, 0.15) is 21.6 Å². The van der Waals surface area contributed by atoms with Crippen LogP contribution < -0.4 is 10.6 Å². The second-order valence-electron chi connectivity index (χ2n) is 5.52. The molecule has 0 radical (unpaired) electrons. The maximum absolute atomic E-state index is 12.3. The summed E-state index contributed by atoms with van der Waals surface area (Å²) >= 11 is 3.45. The first-order valence-corrected chi connectivity index (χ1v) is 8.58. The molecule has 0 fully saturated rings. The van der Waals surface area contributed by atoms with E-state index in [9.17, 15) is 4.79 Å². The number of aromatic nitrogens is 2. The monoisotopic (exact) mass is 396 g/mol. The van der Waals surface area contributed by atoms with E-state index in [1.807, 2.05) is 43.3 Å². The van der Waals surface area contributed by atoms with Crippen molar-refractivity contribution in [2.24, 2.45) is 0 Å². The van der Waals surface area contributed by atoms with Gasteiger partial charge < -0.3 is 10.6 Å². The fourth-order valence-electron chi connectivity index (χ4n) is 2.24. The molecule has 3 rings (SSSR count). The van der Waals surface area contributed by atoms with E-state index in [0.717, 1.165) is 21.4 Å². The van der Waals surface area contributed by atoms with E-state index in [2.05, 4.69) is 36.5 Å². The third-order valence-electron chi connectivity index (χ3n) is 3.62. The molecule has 0 aliphatic heterocycles. The number of carbonyl (C=O) groups is 1. The Morgan fingerprint density at radius 2 is 2.00 bits per heavy atom. The number of aryl methyl sites for hydroxylation is 1. The fraction of sp³-hybridized carbons (Fsp3) is 0.105. The van der Waals surface area contributed by atoms with Gasteiger partial charge in [0.15, 0.2) is 0 Å². The van der Waals surface area contributed by atoms with E-state index in [1.54, 1.807) is 24.5 Å². The van der Waals surface area contributed by atoms with Crippen molar-refractivity contribution in [2.75, 3.05) is 10.6 Å². The molecular formula is C19H17BrN4O. The van der Waals surface area contributed by atoms with Crippen LogP contribution in [-0.4, -0.2) is 15.9 Å². The van der Waals surface area contributed by atoms with Gasteiger partial charge in [-0.15, -0.1) is 0 Å². The van der Waals surface area contributed by atoms with Crippen molar-refractivity contribution >= 4 is 33.3 Å². The van der Waals surface area contributed by atoms with Crippen molar-refractivity contribution in [3.05, 3.63) is 82.2 Å². The second kappa shape index (κ2) is 7.90. The van der Waals surface area contributed by atoms with Gasteiger partial charge in [0.05, 0.1) is 17.8 Å². The van der Waals surface area contributed by atoms with Crippen LogP contribution >= 0.6 is 15.9 Å². The van der Waals surface area contributed by atoms with Crippen LogP contribution in [0.2, 0.25) is 0 Å². The molecule has 1 amide bonds. The smallest absolute Gasteiger partial charge is 0.257 e. The lowest BCUT2D eigenvalue weighted by Crippen LogP contribution is -2.12. The Morgan fingerprint density at radius 1 is 1.12 bits per heavy atom. The SMILES string of the molecule is Cc1cc(NC(=O)c2ccc(NCc3ccccn3)nc2)ccc1Br. The molecule has 6 heteroatoms. The maximum Gasteiger partial charge on any atom is 0.257 e. The minimum absolute atomic E-state index is 0.189. The van der Waals surface area contributed by atoms with E-state index >= 15 is 0 Å². The number of hydrogen-bond acceptors (Lipinski definition) is 4. The zero-order valence-electron chi connectivity index (χ0n) is 13.7. The molecule has 0 bridgehead atoms. The molecule has 3 aromatic rings. The molecule has 0 aliphatic carbocycles. The van der Waals surface area contributed by atoms with Gasteiger partial charge in [-0.25, -0.2) is 4.98 Å². The summed E-state index contributed by atoms with van der Waals surface area (Å²) in [6.07, 6.45) is 3.31. The highest BCUT2D eigenvalue weighted by molar-refractivity contribution is 9.10. The molecule has 126 valence electrons. The van der Waals surface area contributed by atoms with Crippen molar-refractivity contribution in [1.29, 1.82) is 0 Å². The molecule has 5 nitrogen and oxygen atoms in total. The summed E-state index contributed by atoms with van der Waals surface area (Å²) < 4.78 is 1.01. The van der Waals surface area contributed by atoms with Crippen LogP contribution in [-0.2, 0) is 6.54 Å². The first-order valence-electron chi connectivity index (χ1n) is 7.79. The second-order valence-corrected chi connectivity index (χ2v) is 6.38. The van der Waals surface area contributed by atoms with Crippen LogP contribution in [0.4, 0.5) is 11.5 Å². The van der Waals surface area contributed by atoms with E-state index < -0.39 is 0 Å². The number of hydrogen-bond donors (Lipinski definition) is 2. The Balaban J connectivity index is 1.61. The summed E-state index contributed by atoms with van der Waals surface area (Å²) in [6.45, 7) is 2.56. The van der Waals surface area contributed by atoms with Crippen molar-refractivity contribution in [3.63, 3.8) is 0 Å². The average molecular weight is 397 g/mol. The summed E-state index contributed by atoms with van der Waals surface area (Å²) in [7, 11) is 0. The highest BCUT2D eigenvalue weighted by Crippen LogP contribution is 2.20. The van der Waals surface area contributed by atoms with Gasteiger partial charge in [0.25, 0.3) is 5.91 Å². The lowest BCUT2D eigenvalue weighted by Gasteiger charge is -2.08. The molecule has 25 heavy (non-hydrogen) atoms. The summed E-state index contributed by atoms with van der Waals surface area (Å²) in [5, 5.41) is 6.05. The Morgan fingerprint density at radius 3 is 2.68 bits per heavy atom. The number of amides is 1. The Labute approximate surface area is 154 Å². The van der Waals surface area contributed by atoms with Gasteiger partial charge >= 0.3 is 0 Å². The van der Waals surface area contributed by atoms with Crippen molar-refractivity contribution in [1.82, 2.24) is 9.97 Å². The third kappa shape index (κ3) is 4.64.